The van der Waals surface area contributed by atoms with Crippen molar-refractivity contribution < 1.29 is 9.59 Å². The molecule has 1 saturated heterocycles. The molecular formula is C22H24N4O2. The average molecular weight is 376 g/mol. The number of nitrogens with zero attached hydrogens (tertiary/aromatic N) is 3. The van der Waals surface area contributed by atoms with E-state index in [2.05, 4.69) is 10.3 Å². The zero-order valence-electron chi connectivity index (χ0n) is 16.0. The maximum atomic E-state index is 12.7. The number of carbonyl (C=O) groups excluding carboxylic acids is 2. The van der Waals surface area contributed by atoms with E-state index in [1.54, 1.807) is 4.90 Å². The van der Waals surface area contributed by atoms with Crippen molar-refractivity contribution in [2.75, 3.05) is 6.54 Å². The number of rotatable bonds is 5. The second kappa shape index (κ2) is 7.84. The molecule has 0 aliphatic carbocycles. The Bertz CT molecular complexity index is 996. The van der Waals surface area contributed by atoms with Crippen molar-refractivity contribution in [3.63, 3.8) is 0 Å². The van der Waals surface area contributed by atoms with Gasteiger partial charge in [-0.3, -0.25) is 9.59 Å². The van der Waals surface area contributed by atoms with Crippen LogP contribution in [0.4, 0.5) is 0 Å². The van der Waals surface area contributed by atoms with Gasteiger partial charge in [0.1, 0.15) is 11.7 Å². The predicted molar refractivity (Wildman–Crippen MR) is 107 cm³/mol. The number of likely N-dealkylation sites (tertiary alicyclic amines) is 1. The van der Waals surface area contributed by atoms with Gasteiger partial charge < -0.3 is 14.6 Å². The van der Waals surface area contributed by atoms with Gasteiger partial charge >= 0.3 is 0 Å². The minimum Gasteiger partial charge on any atom is -0.349 e. The predicted octanol–water partition coefficient (Wildman–Crippen LogP) is 2.49. The fourth-order valence-corrected chi connectivity index (χ4v) is 3.75. The molecule has 3 aromatic rings. The molecular weight excluding hydrogens is 352 g/mol. The molecule has 0 radical (unpaired) electrons. The molecule has 0 unspecified atom stereocenters. The van der Waals surface area contributed by atoms with Crippen LogP contribution in [0.5, 0.6) is 0 Å². The van der Waals surface area contributed by atoms with Crippen molar-refractivity contribution in [2.24, 2.45) is 0 Å². The number of hydrogen-bond donors (Lipinski definition) is 1. The second-order valence-electron chi connectivity index (χ2n) is 7.33. The Morgan fingerprint density at radius 3 is 2.79 bits per heavy atom. The number of hydrogen-bond acceptors (Lipinski definition) is 3. The minimum atomic E-state index is -0.393. The summed E-state index contributed by atoms with van der Waals surface area (Å²) in [7, 11) is 0. The average Bonchev–Trinajstić information content (AvgIpc) is 3.33. The van der Waals surface area contributed by atoms with Crippen LogP contribution in [0.2, 0.25) is 0 Å². The number of imidazole rings is 1. The Morgan fingerprint density at radius 2 is 1.96 bits per heavy atom. The molecule has 1 fully saturated rings. The number of nitrogens with one attached hydrogen (secondary N) is 1. The van der Waals surface area contributed by atoms with Gasteiger partial charge in [-0.15, -0.1) is 0 Å². The molecule has 1 N–H and O–H groups in total. The zero-order chi connectivity index (χ0) is 19.5. The number of fused-ring (bicyclic) bond motifs is 1. The standard InChI is InChI=1S/C22H24N4O2/c1-16-9-10-20-24-18(15-25(20)14-16)13-23-22(28)19-8-5-11-26(19)21(27)12-17-6-3-2-4-7-17/h2-4,6-7,9-10,14-15,19H,5,8,11-13H2,1H3,(H,23,28)/t19-/m0/s1. The van der Waals surface area contributed by atoms with Crippen molar-refractivity contribution in [3.05, 3.63) is 71.7 Å². The van der Waals surface area contributed by atoms with Crippen LogP contribution < -0.4 is 5.32 Å². The first-order valence-electron chi connectivity index (χ1n) is 9.65. The molecule has 0 bridgehead atoms. The van der Waals surface area contributed by atoms with E-state index >= 15 is 0 Å². The van der Waals surface area contributed by atoms with Crippen LogP contribution in [-0.4, -0.2) is 38.7 Å². The molecule has 0 spiro atoms. The summed E-state index contributed by atoms with van der Waals surface area (Å²) in [5.74, 6) is -0.0980. The number of amides is 2. The van der Waals surface area contributed by atoms with Crippen LogP contribution in [0.1, 0.15) is 29.7 Å². The van der Waals surface area contributed by atoms with Gasteiger partial charge in [0.05, 0.1) is 18.7 Å². The third-order valence-corrected chi connectivity index (χ3v) is 5.17. The number of aromatic nitrogens is 2. The third kappa shape index (κ3) is 3.91. The van der Waals surface area contributed by atoms with E-state index in [-0.39, 0.29) is 11.8 Å². The molecule has 3 heterocycles. The van der Waals surface area contributed by atoms with E-state index in [1.807, 2.05) is 66.2 Å². The number of carbonyl (C=O) groups is 2. The lowest BCUT2D eigenvalue weighted by molar-refractivity contribution is -0.138. The van der Waals surface area contributed by atoms with E-state index < -0.39 is 6.04 Å². The summed E-state index contributed by atoms with van der Waals surface area (Å²) in [5.41, 5.74) is 3.78. The lowest BCUT2D eigenvalue weighted by Gasteiger charge is -2.24. The summed E-state index contributed by atoms with van der Waals surface area (Å²) >= 11 is 0. The molecule has 2 amide bonds. The quantitative estimate of drug-likeness (QED) is 0.744. The zero-order valence-corrected chi connectivity index (χ0v) is 16.0. The first kappa shape index (κ1) is 18.2. The van der Waals surface area contributed by atoms with E-state index in [0.717, 1.165) is 28.9 Å². The first-order valence-corrected chi connectivity index (χ1v) is 9.65. The van der Waals surface area contributed by atoms with Crippen LogP contribution in [0.15, 0.2) is 54.9 Å². The molecule has 0 saturated carbocycles. The maximum absolute atomic E-state index is 12.7. The molecule has 2 aromatic heterocycles. The van der Waals surface area contributed by atoms with Crippen molar-refractivity contribution >= 4 is 17.5 Å². The van der Waals surface area contributed by atoms with E-state index in [1.165, 1.54) is 0 Å². The monoisotopic (exact) mass is 376 g/mol. The summed E-state index contributed by atoms with van der Waals surface area (Å²) in [6, 6.07) is 13.2. The van der Waals surface area contributed by atoms with E-state index in [9.17, 15) is 9.59 Å². The Hall–Kier alpha value is -3.15. The van der Waals surface area contributed by atoms with Crippen LogP contribution in [0.3, 0.4) is 0 Å². The molecule has 4 rings (SSSR count). The Kier molecular flexibility index (Phi) is 5.10. The fraction of sp³-hybridized carbons (Fsp3) is 0.318. The SMILES string of the molecule is Cc1ccc2nc(CNC(=O)[C@@H]3CCCN3C(=O)Cc3ccccc3)cn2c1. The van der Waals surface area contributed by atoms with Gasteiger partial charge in [0.15, 0.2) is 0 Å². The highest BCUT2D eigenvalue weighted by molar-refractivity contribution is 5.89. The highest BCUT2D eigenvalue weighted by Crippen LogP contribution is 2.19. The fourth-order valence-electron chi connectivity index (χ4n) is 3.75. The van der Waals surface area contributed by atoms with Crippen molar-refractivity contribution in [2.45, 2.75) is 38.8 Å². The number of benzene rings is 1. The van der Waals surface area contributed by atoms with E-state index in [4.69, 9.17) is 0 Å². The molecule has 6 heteroatoms. The van der Waals surface area contributed by atoms with Gasteiger partial charge in [-0.05, 0) is 37.0 Å². The second-order valence-corrected chi connectivity index (χ2v) is 7.33. The molecule has 144 valence electrons. The van der Waals surface area contributed by atoms with Gasteiger partial charge in [-0.2, -0.15) is 0 Å². The van der Waals surface area contributed by atoms with Crippen LogP contribution >= 0.6 is 0 Å². The normalized spacial score (nSPS) is 16.5. The Morgan fingerprint density at radius 1 is 1.14 bits per heavy atom. The molecule has 1 atom stereocenters. The van der Waals surface area contributed by atoms with Gasteiger partial charge in [-0.1, -0.05) is 36.4 Å². The smallest absolute Gasteiger partial charge is 0.243 e. The van der Waals surface area contributed by atoms with Crippen LogP contribution in [0.25, 0.3) is 5.65 Å². The number of pyridine rings is 1. The lowest BCUT2D eigenvalue weighted by Crippen LogP contribution is -2.46. The summed E-state index contributed by atoms with van der Waals surface area (Å²) < 4.78 is 1.96. The maximum Gasteiger partial charge on any atom is 0.243 e. The Labute approximate surface area is 164 Å². The molecule has 1 aromatic carbocycles. The summed E-state index contributed by atoms with van der Waals surface area (Å²) in [6.07, 6.45) is 5.82. The molecule has 1 aliphatic rings. The van der Waals surface area contributed by atoms with Gasteiger partial charge in [-0.25, -0.2) is 4.98 Å². The van der Waals surface area contributed by atoms with Gasteiger partial charge in [0.25, 0.3) is 0 Å². The highest BCUT2D eigenvalue weighted by atomic mass is 16.2. The van der Waals surface area contributed by atoms with Crippen molar-refractivity contribution in [3.8, 4) is 0 Å². The molecule has 6 nitrogen and oxygen atoms in total. The van der Waals surface area contributed by atoms with E-state index in [0.29, 0.717) is 25.9 Å². The Balaban J connectivity index is 1.38. The molecule has 1 aliphatic heterocycles. The van der Waals surface area contributed by atoms with Crippen molar-refractivity contribution in [1.29, 1.82) is 0 Å². The van der Waals surface area contributed by atoms with Crippen LogP contribution in [0, 0.1) is 6.92 Å². The topological polar surface area (TPSA) is 66.7 Å². The molecule has 28 heavy (non-hydrogen) atoms. The first-order chi connectivity index (χ1) is 13.6. The number of aryl methyl sites for hydroxylation is 1. The summed E-state index contributed by atoms with van der Waals surface area (Å²) in [4.78, 5) is 31.6. The minimum absolute atomic E-state index is 0.00653. The highest BCUT2D eigenvalue weighted by Gasteiger charge is 2.33. The van der Waals surface area contributed by atoms with Crippen LogP contribution in [-0.2, 0) is 22.6 Å². The third-order valence-electron chi connectivity index (χ3n) is 5.17. The van der Waals surface area contributed by atoms with Gasteiger partial charge in [0.2, 0.25) is 11.8 Å². The summed E-state index contributed by atoms with van der Waals surface area (Å²) in [5, 5.41) is 2.96. The largest absolute Gasteiger partial charge is 0.349 e. The lowest BCUT2D eigenvalue weighted by atomic mass is 10.1. The van der Waals surface area contributed by atoms with Gasteiger partial charge in [0, 0.05) is 18.9 Å². The summed E-state index contributed by atoms with van der Waals surface area (Å²) in [6.45, 7) is 3.02. The van der Waals surface area contributed by atoms with Crippen molar-refractivity contribution in [1.82, 2.24) is 19.6 Å².